The number of aryl methyl sites for hydroxylation is 1. The van der Waals surface area contributed by atoms with E-state index in [-0.39, 0.29) is 35.2 Å². The number of aliphatic hydroxyl groups is 1. The first kappa shape index (κ1) is 18.9. The average molecular weight is 393 g/mol. The van der Waals surface area contributed by atoms with E-state index in [2.05, 4.69) is 9.97 Å². The van der Waals surface area contributed by atoms with Crippen molar-refractivity contribution in [2.24, 2.45) is 7.05 Å². The van der Waals surface area contributed by atoms with Gasteiger partial charge >= 0.3 is 5.69 Å². The Kier molecular flexibility index (Phi) is 5.15. The minimum Gasteiger partial charge on any atom is -0.493 e. The zero-order chi connectivity index (χ0) is 19.7. The zero-order valence-corrected chi connectivity index (χ0v) is 15.6. The molecule has 1 N–H and O–H groups in total. The maximum atomic E-state index is 12.7. The quantitative estimate of drug-likeness (QED) is 0.684. The lowest BCUT2D eigenvalue weighted by molar-refractivity contribution is 0.271. The van der Waals surface area contributed by atoms with Crippen LogP contribution in [0.15, 0.2) is 27.8 Å². The Hall–Kier alpha value is -2.91. The lowest BCUT2D eigenvalue weighted by atomic mass is 10.1. The van der Waals surface area contributed by atoms with E-state index in [1.54, 1.807) is 18.2 Å². The molecular weight excluding hydrogens is 376 g/mol. The fraction of sp³-hybridized carbons (Fsp3) is 0.294. The lowest BCUT2D eigenvalue weighted by Gasteiger charge is -2.12. The molecule has 0 saturated heterocycles. The molecular formula is C17H17ClN4O5. The number of halogens is 1. The molecule has 0 atom stereocenters. The predicted octanol–water partition coefficient (Wildman–Crippen LogP) is 0.820. The van der Waals surface area contributed by atoms with Crippen molar-refractivity contribution < 1.29 is 14.6 Å². The van der Waals surface area contributed by atoms with Crippen LogP contribution in [0.2, 0.25) is 5.15 Å². The van der Waals surface area contributed by atoms with Crippen LogP contribution in [0.5, 0.6) is 11.5 Å². The van der Waals surface area contributed by atoms with Gasteiger partial charge in [-0.25, -0.2) is 14.8 Å². The highest BCUT2D eigenvalue weighted by Gasteiger charge is 2.18. The van der Waals surface area contributed by atoms with Crippen molar-refractivity contribution in [1.82, 2.24) is 19.1 Å². The van der Waals surface area contributed by atoms with E-state index >= 15 is 0 Å². The maximum absolute atomic E-state index is 12.7. The molecule has 0 fully saturated rings. The van der Waals surface area contributed by atoms with Crippen LogP contribution in [0.25, 0.3) is 22.4 Å². The molecule has 0 aliphatic heterocycles. The van der Waals surface area contributed by atoms with Gasteiger partial charge in [-0.05, 0) is 18.2 Å². The highest BCUT2D eigenvalue weighted by Crippen LogP contribution is 2.34. The Balaban J connectivity index is 2.31. The average Bonchev–Trinajstić information content (AvgIpc) is 2.68. The second-order valence-electron chi connectivity index (χ2n) is 5.63. The number of fused-ring (bicyclic) bond motifs is 1. The first-order valence-corrected chi connectivity index (χ1v) is 8.31. The Bertz CT molecular complexity index is 1140. The van der Waals surface area contributed by atoms with Crippen molar-refractivity contribution in [1.29, 1.82) is 0 Å². The van der Waals surface area contributed by atoms with E-state index in [1.165, 1.54) is 25.8 Å². The minimum absolute atomic E-state index is 0.0280. The Labute approximate surface area is 158 Å². The Morgan fingerprint density at radius 1 is 1.15 bits per heavy atom. The molecule has 2 aromatic heterocycles. The van der Waals surface area contributed by atoms with Crippen molar-refractivity contribution in [3.8, 4) is 22.8 Å². The molecule has 3 aromatic rings. The number of aliphatic hydroxyl groups excluding tert-OH is 1. The van der Waals surface area contributed by atoms with E-state index in [4.69, 9.17) is 26.2 Å². The van der Waals surface area contributed by atoms with Crippen molar-refractivity contribution in [3.05, 3.63) is 44.2 Å². The normalized spacial score (nSPS) is 11.0. The fourth-order valence-electron chi connectivity index (χ4n) is 2.73. The van der Waals surface area contributed by atoms with Crippen LogP contribution < -0.4 is 20.7 Å². The summed E-state index contributed by atoms with van der Waals surface area (Å²) in [5.74, 6) is 0.991. The van der Waals surface area contributed by atoms with Crippen molar-refractivity contribution in [3.63, 3.8) is 0 Å². The van der Waals surface area contributed by atoms with Gasteiger partial charge in [0.25, 0.3) is 5.56 Å². The van der Waals surface area contributed by atoms with Gasteiger partial charge in [0, 0.05) is 12.6 Å². The third kappa shape index (κ3) is 3.15. The molecule has 10 heteroatoms. The molecule has 0 saturated carbocycles. The van der Waals surface area contributed by atoms with Gasteiger partial charge in [0.05, 0.1) is 27.4 Å². The standard InChI is InChI=1S/C17H17ClN4O5/c1-21-15-13(16(24)22(6-7-23)17(21)25)19-12(14(18)20-15)9-4-5-10(26-2)11(8-9)27-3/h4-5,8,23H,6-7H2,1-3H3. The molecule has 0 aliphatic rings. The largest absolute Gasteiger partial charge is 0.493 e. The summed E-state index contributed by atoms with van der Waals surface area (Å²) in [5, 5.41) is 9.16. The van der Waals surface area contributed by atoms with Gasteiger partial charge in [-0.2, -0.15) is 0 Å². The lowest BCUT2D eigenvalue weighted by Crippen LogP contribution is -2.40. The van der Waals surface area contributed by atoms with Gasteiger partial charge in [-0.3, -0.25) is 13.9 Å². The number of rotatable bonds is 5. The van der Waals surface area contributed by atoms with Crippen LogP contribution in [0.4, 0.5) is 0 Å². The molecule has 27 heavy (non-hydrogen) atoms. The summed E-state index contributed by atoms with van der Waals surface area (Å²) in [6.45, 7) is -0.498. The van der Waals surface area contributed by atoms with Crippen LogP contribution in [-0.2, 0) is 13.6 Å². The van der Waals surface area contributed by atoms with Gasteiger partial charge in [0.15, 0.2) is 27.8 Å². The summed E-state index contributed by atoms with van der Waals surface area (Å²) in [5.41, 5.74) is -0.391. The zero-order valence-electron chi connectivity index (χ0n) is 14.9. The molecule has 0 aliphatic carbocycles. The first-order valence-electron chi connectivity index (χ1n) is 7.93. The van der Waals surface area contributed by atoms with Crippen molar-refractivity contribution in [2.45, 2.75) is 6.54 Å². The van der Waals surface area contributed by atoms with Gasteiger partial charge in [0.2, 0.25) is 0 Å². The monoisotopic (exact) mass is 392 g/mol. The van der Waals surface area contributed by atoms with Crippen LogP contribution in [0.1, 0.15) is 0 Å². The molecule has 2 heterocycles. The van der Waals surface area contributed by atoms with E-state index in [0.717, 1.165) is 4.57 Å². The molecule has 0 amide bonds. The van der Waals surface area contributed by atoms with E-state index < -0.39 is 11.2 Å². The van der Waals surface area contributed by atoms with Crippen LogP contribution in [0, 0.1) is 0 Å². The van der Waals surface area contributed by atoms with Crippen molar-refractivity contribution >= 4 is 22.8 Å². The first-order chi connectivity index (χ1) is 12.9. The maximum Gasteiger partial charge on any atom is 0.332 e. The third-order valence-electron chi connectivity index (χ3n) is 4.10. The van der Waals surface area contributed by atoms with Crippen LogP contribution >= 0.6 is 11.6 Å². The van der Waals surface area contributed by atoms with Gasteiger partial charge in [0.1, 0.15) is 5.69 Å². The van der Waals surface area contributed by atoms with Crippen molar-refractivity contribution in [2.75, 3.05) is 20.8 Å². The summed E-state index contributed by atoms with van der Waals surface area (Å²) in [7, 11) is 4.47. The van der Waals surface area contributed by atoms with E-state index in [9.17, 15) is 9.59 Å². The van der Waals surface area contributed by atoms with E-state index in [1.807, 2.05) is 0 Å². The number of benzene rings is 1. The number of hydrogen-bond donors (Lipinski definition) is 1. The number of hydrogen-bond acceptors (Lipinski definition) is 7. The molecule has 0 bridgehead atoms. The molecule has 1 aromatic carbocycles. The SMILES string of the molecule is COc1ccc(-c2nc3c(=O)n(CCO)c(=O)n(C)c3nc2Cl)cc1OC. The highest BCUT2D eigenvalue weighted by molar-refractivity contribution is 6.32. The molecule has 9 nitrogen and oxygen atoms in total. The molecule has 0 radical (unpaired) electrons. The highest BCUT2D eigenvalue weighted by atomic mass is 35.5. The smallest absolute Gasteiger partial charge is 0.332 e. The van der Waals surface area contributed by atoms with Gasteiger partial charge in [-0.15, -0.1) is 0 Å². The fourth-order valence-corrected chi connectivity index (χ4v) is 2.97. The minimum atomic E-state index is -0.645. The number of aromatic nitrogens is 4. The van der Waals surface area contributed by atoms with Crippen LogP contribution in [0.3, 0.4) is 0 Å². The number of methoxy groups -OCH3 is 2. The molecule has 3 rings (SSSR count). The second-order valence-corrected chi connectivity index (χ2v) is 5.99. The van der Waals surface area contributed by atoms with Gasteiger partial charge in [-0.1, -0.05) is 11.6 Å². The van der Waals surface area contributed by atoms with E-state index in [0.29, 0.717) is 17.1 Å². The van der Waals surface area contributed by atoms with Crippen LogP contribution in [-0.4, -0.2) is 45.0 Å². The summed E-state index contributed by atoms with van der Waals surface area (Å²) in [4.78, 5) is 33.5. The summed E-state index contributed by atoms with van der Waals surface area (Å²) < 4.78 is 12.6. The number of ether oxygens (including phenoxy) is 2. The molecule has 0 spiro atoms. The molecule has 0 unspecified atom stereocenters. The summed E-state index contributed by atoms with van der Waals surface area (Å²) in [6.07, 6.45) is 0. The second kappa shape index (κ2) is 7.37. The summed E-state index contributed by atoms with van der Waals surface area (Å²) >= 11 is 6.27. The van der Waals surface area contributed by atoms with Gasteiger partial charge < -0.3 is 14.6 Å². The Morgan fingerprint density at radius 2 is 1.85 bits per heavy atom. The third-order valence-corrected chi connectivity index (χ3v) is 4.36. The topological polar surface area (TPSA) is 108 Å². The Morgan fingerprint density at radius 3 is 2.48 bits per heavy atom. The number of nitrogens with zero attached hydrogens (tertiary/aromatic N) is 4. The summed E-state index contributed by atoms with van der Waals surface area (Å²) in [6, 6.07) is 5.05. The molecule has 142 valence electrons. The predicted molar refractivity (Wildman–Crippen MR) is 99.7 cm³/mol.